The van der Waals surface area contributed by atoms with E-state index in [2.05, 4.69) is 50.7 Å². The molecule has 0 fully saturated rings. The fourth-order valence-electron chi connectivity index (χ4n) is 3.67. The Bertz CT molecular complexity index is 1440. The molecule has 0 aliphatic heterocycles. The van der Waals surface area contributed by atoms with E-state index in [1.165, 1.54) is 30.0 Å². The van der Waals surface area contributed by atoms with Gasteiger partial charge in [-0.3, -0.25) is 0 Å². The molecule has 0 N–H and O–H groups in total. The Kier molecular flexibility index (Phi) is 5.36. The van der Waals surface area contributed by atoms with Gasteiger partial charge in [-0.05, 0) is 36.2 Å². The number of benzene rings is 2. The van der Waals surface area contributed by atoms with Crippen molar-refractivity contribution in [2.45, 2.75) is 24.4 Å². The Balaban J connectivity index is 1.50. The van der Waals surface area contributed by atoms with Crippen LogP contribution in [-0.4, -0.2) is 32.8 Å². The summed E-state index contributed by atoms with van der Waals surface area (Å²) in [7, 11) is 1.32. The number of fused-ring (bicyclic) bond motifs is 3. The first-order chi connectivity index (χ1) is 15.6. The smallest absolute Gasteiger partial charge is 0.373 e. The summed E-state index contributed by atoms with van der Waals surface area (Å²) >= 11 is 1.41. The number of carbonyl (C=O) groups is 1. The first kappa shape index (κ1) is 20.3. The molecule has 3 heterocycles. The molecule has 0 atom stereocenters. The zero-order valence-electron chi connectivity index (χ0n) is 17.6. The van der Waals surface area contributed by atoms with Crippen LogP contribution in [0.5, 0.6) is 0 Å². The van der Waals surface area contributed by atoms with Crippen molar-refractivity contribution in [2.24, 2.45) is 0 Å². The third-order valence-electron chi connectivity index (χ3n) is 5.34. The van der Waals surface area contributed by atoms with Crippen LogP contribution in [-0.2, 0) is 17.0 Å². The van der Waals surface area contributed by atoms with Crippen LogP contribution in [0, 0.1) is 6.92 Å². The maximum atomic E-state index is 11.6. The molecule has 160 valence electrons. The van der Waals surface area contributed by atoms with Crippen LogP contribution in [0.3, 0.4) is 0 Å². The van der Waals surface area contributed by atoms with Crippen LogP contribution < -0.4 is 0 Å². The second-order valence-electron chi connectivity index (χ2n) is 7.34. The summed E-state index contributed by atoms with van der Waals surface area (Å²) in [6, 6.07) is 19.9. The van der Waals surface area contributed by atoms with E-state index in [9.17, 15) is 4.79 Å². The third-order valence-corrected chi connectivity index (χ3v) is 6.20. The fourth-order valence-corrected chi connectivity index (χ4v) is 4.35. The normalized spacial score (nSPS) is 11.3. The molecule has 0 aliphatic rings. The predicted molar refractivity (Wildman–Crippen MR) is 123 cm³/mol. The number of aromatic nitrogens is 4. The van der Waals surface area contributed by atoms with Crippen LogP contribution in [0.1, 0.15) is 27.4 Å². The molecule has 0 saturated carbocycles. The molecule has 5 rings (SSSR count). The minimum Gasteiger partial charge on any atom is -0.463 e. The van der Waals surface area contributed by atoms with Gasteiger partial charge in [-0.25, -0.2) is 9.78 Å². The standard InChI is InChI=1S/C24H20N4O3S/c1-15-7-3-4-8-16(15)13-28-19-10-6-5-9-18(19)21-22(28)25-24(27-26-21)32-14-17-11-12-20(31-17)23(29)30-2/h3-12H,13-14H2,1-2H3. The van der Waals surface area contributed by atoms with Gasteiger partial charge in [0, 0.05) is 11.9 Å². The average Bonchev–Trinajstić information content (AvgIpc) is 3.42. The van der Waals surface area contributed by atoms with E-state index in [1.807, 2.05) is 24.3 Å². The van der Waals surface area contributed by atoms with E-state index < -0.39 is 5.97 Å². The molecule has 8 heteroatoms. The van der Waals surface area contributed by atoms with Crippen molar-refractivity contribution in [3.63, 3.8) is 0 Å². The molecule has 2 aromatic carbocycles. The summed E-state index contributed by atoms with van der Waals surface area (Å²) < 4.78 is 12.4. The summed E-state index contributed by atoms with van der Waals surface area (Å²) in [5.74, 6) is 0.791. The number of nitrogens with zero attached hydrogens (tertiary/aromatic N) is 4. The van der Waals surface area contributed by atoms with E-state index >= 15 is 0 Å². The molecule has 0 amide bonds. The van der Waals surface area contributed by atoms with Crippen LogP contribution in [0.25, 0.3) is 22.1 Å². The second-order valence-corrected chi connectivity index (χ2v) is 8.29. The van der Waals surface area contributed by atoms with Gasteiger partial charge < -0.3 is 13.7 Å². The minimum absolute atomic E-state index is 0.177. The summed E-state index contributed by atoms with van der Waals surface area (Å²) in [5.41, 5.74) is 5.11. The molecule has 32 heavy (non-hydrogen) atoms. The molecule has 7 nitrogen and oxygen atoms in total. The Morgan fingerprint density at radius 2 is 1.88 bits per heavy atom. The van der Waals surface area contributed by atoms with E-state index in [4.69, 9.17) is 9.40 Å². The van der Waals surface area contributed by atoms with Gasteiger partial charge in [-0.2, -0.15) is 0 Å². The lowest BCUT2D eigenvalue weighted by molar-refractivity contribution is 0.0563. The van der Waals surface area contributed by atoms with Gasteiger partial charge in [-0.15, -0.1) is 10.2 Å². The Hall–Kier alpha value is -3.65. The molecule has 3 aromatic heterocycles. The largest absolute Gasteiger partial charge is 0.463 e. The van der Waals surface area contributed by atoms with Crippen molar-refractivity contribution in [1.29, 1.82) is 0 Å². The highest BCUT2D eigenvalue weighted by atomic mass is 32.2. The number of rotatable bonds is 6. The molecule has 0 bridgehead atoms. The fraction of sp³-hybridized carbons (Fsp3) is 0.167. The predicted octanol–water partition coefficient (Wildman–Crippen LogP) is 5.01. The van der Waals surface area contributed by atoms with Crippen LogP contribution >= 0.6 is 11.8 Å². The molecular weight excluding hydrogens is 424 g/mol. The first-order valence-corrected chi connectivity index (χ1v) is 11.1. The van der Waals surface area contributed by atoms with Crippen molar-refractivity contribution < 1.29 is 13.9 Å². The number of ether oxygens (including phenoxy) is 1. The number of carbonyl (C=O) groups excluding carboxylic acids is 1. The second kappa shape index (κ2) is 8.47. The zero-order valence-corrected chi connectivity index (χ0v) is 18.4. The third kappa shape index (κ3) is 3.73. The minimum atomic E-state index is -0.499. The number of para-hydroxylation sites is 1. The summed E-state index contributed by atoms with van der Waals surface area (Å²) in [6.07, 6.45) is 0. The maximum Gasteiger partial charge on any atom is 0.373 e. The van der Waals surface area contributed by atoms with E-state index in [0.717, 1.165) is 22.1 Å². The van der Waals surface area contributed by atoms with Gasteiger partial charge in [0.15, 0.2) is 5.65 Å². The highest BCUT2D eigenvalue weighted by Crippen LogP contribution is 2.29. The monoisotopic (exact) mass is 444 g/mol. The lowest BCUT2D eigenvalue weighted by Crippen LogP contribution is -2.03. The topological polar surface area (TPSA) is 83.0 Å². The SMILES string of the molecule is COC(=O)c1ccc(CSc2nnc3c4ccccc4n(Cc4ccccc4C)c3n2)o1. The van der Waals surface area contributed by atoms with Crippen LogP contribution in [0.2, 0.25) is 0 Å². The summed E-state index contributed by atoms with van der Waals surface area (Å²) in [4.78, 5) is 16.4. The molecule has 0 saturated heterocycles. The molecule has 0 aliphatic carbocycles. The number of hydrogen-bond donors (Lipinski definition) is 0. The average molecular weight is 445 g/mol. The Morgan fingerprint density at radius 3 is 2.72 bits per heavy atom. The molecule has 0 spiro atoms. The van der Waals surface area contributed by atoms with Gasteiger partial charge >= 0.3 is 5.97 Å². The summed E-state index contributed by atoms with van der Waals surface area (Å²) in [6.45, 7) is 2.81. The van der Waals surface area contributed by atoms with Gasteiger partial charge in [0.25, 0.3) is 0 Å². The number of methoxy groups -OCH3 is 1. The van der Waals surface area contributed by atoms with Gasteiger partial charge in [0.2, 0.25) is 10.9 Å². The quantitative estimate of drug-likeness (QED) is 0.269. The number of hydrogen-bond acceptors (Lipinski definition) is 7. The van der Waals surface area contributed by atoms with Gasteiger partial charge in [0.1, 0.15) is 11.3 Å². The lowest BCUT2D eigenvalue weighted by Gasteiger charge is -2.09. The molecular formula is C24H20N4O3S. The molecule has 0 radical (unpaired) electrons. The van der Waals surface area contributed by atoms with Crippen LogP contribution in [0.15, 0.2) is 70.2 Å². The Morgan fingerprint density at radius 1 is 1.06 bits per heavy atom. The van der Waals surface area contributed by atoms with E-state index in [-0.39, 0.29) is 5.76 Å². The van der Waals surface area contributed by atoms with E-state index in [1.54, 1.807) is 12.1 Å². The maximum absolute atomic E-state index is 11.6. The van der Waals surface area contributed by atoms with Crippen LogP contribution in [0.4, 0.5) is 0 Å². The van der Waals surface area contributed by atoms with E-state index in [0.29, 0.717) is 23.2 Å². The van der Waals surface area contributed by atoms with Gasteiger partial charge in [0.05, 0.1) is 18.4 Å². The van der Waals surface area contributed by atoms with Crippen molar-refractivity contribution in [1.82, 2.24) is 19.7 Å². The summed E-state index contributed by atoms with van der Waals surface area (Å²) in [5, 5.41) is 10.4. The Labute approximate surface area is 188 Å². The zero-order chi connectivity index (χ0) is 22.1. The highest BCUT2D eigenvalue weighted by molar-refractivity contribution is 7.98. The van der Waals surface area contributed by atoms with Crippen molar-refractivity contribution in [3.05, 3.63) is 83.3 Å². The number of furan rings is 1. The van der Waals surface area contributed by atoms with Crippen molar-refractivity contribution >= 4 is 39.8 Å². The molecule has 5 aromatic rings. The van der Waals surface area contributed by atoms with Crippen molar-refractivity contribution in [3.8, 4) is 0 Å². The van der Waals surface area contributed by atoms with Crippen molar-refractivity contribution in [2.75, 3.05) is 7.11 Å². The number of esters is 1. The molecule has 0 unspecified atom stereocenters. The number of aryl methyl sites for hydroxylation is 1. The number of thioether (sulfide) groups is 1. The lowest BCUT2D eigenvalue weighted by atomic mass is 10.1. The first-order valence-electron chi connectivity index (χ1n) is 10.1. The highest BCUT2D eigenvalue weighted by Gasteiger charge is 2.16. The van der Waals surface area contributed by atoms with Gasteiger partial charge in [-0.1, -0.05) is 54.2 Å².